The van der Waals surface area contributed by atoms with Gasteiger partial charge in [0.25, 0.3) is 0 Å². The van der Waals surface area contributed by atoms with Gasteiger partial charge in [0.2, 0.25) is 5.91 Å². The van der Waals surface area contributed by atoms with E-state index in [9.17, 15) is 4.79 Å². The van der Waals surface area contributed by atoms with Crippen LogP contribution < -0.4 is 5.73 Å². The van der Waals surface area contributed by atoms with Crippen LogP contribution in [0.4, 0.5) is 0 Å². The first-order valence-electron chi connectivity index (χ1n) is 5.87. The van der Waals surface area contributed by atoms with Crippen LogP contribution in [0.3, 0.4) is 0 Å². The molecule has 1 aliphatic rings. The highest BCUT2D eigenvalue weighted by atomic mass is 16.7. The van der Waals surface area contributed by atoms with Crippen LogP contribution in [0, 0.1) is 5.92 Å². The molecular weight excluding hydrogens is 192 g/mol. The molecule has 1 fully saturated rings. The van der Waals surface area contributed by atoms with Crippen LogP contribution >= 0.6 is 0 Å². The molecule has 1 unspecified atom stereocenters. The average molecular weight is 214 g/mol. The Hall–Kier alpha value is -0.610. The largest absolute Gasteiger partial charge is 0.330 e. The second-order valence-electron chi connectivity index (χ2n) is 4.26. The number of hydroxylamine groups is 2. The molecule has 0 aromatic carbocycles. The van der Waals surface area contributed by atoms with Gasteiger partial charge in [0, 0.05) is 13.0 Å². The molecule has 4 heteroatoms. The average Bonchev–Trinajstić information content (AvgIpc) is 2.27. The maximum Gasteiger partial charge on any atom is 0.246 e. The van der Waals surface area contributed by atoms with E-state index < -0.39 is 0 Å². The van der Waals surface area contributed by atoms with Crippen LogP contribution in [0.15, 0.2) is 0 Å². The van der Waals surface area contributed by atoms with Crippen molar-refractivity contribution in [3.05, 3.63) is 0 Å². The van der Waals surface area contributed by atoms with Crippen molar-refractivity contribution in [3.63, 3.8) is 0 Å². The first-order chi connectivity index (χ1) is 7.24. The zero-order valence-corrected chi connectivity index (χ0v) is 9.58. The van der Waals surface area contributed by atoms with Crippen molar-refractivity contribution in [2.75, 3.05) is 19.7 Å². The summed E-state index contributed by atoms with van der Waals surface area (Å²) in [4.78, 5) is 17.0. The van der Waals surface area contributed by atoms with Gasteiger partial charge in [0.05, 0.1) is 6.61 Å². The molecule has 0 aromatic rings. The Bertz CT molecular complexity index is 191. The molecule has 0 aliphatic carbocycles. The van der Waals surface area contributed by atoms with Crippen LogP contribution in [-0.2, 0) is 9.63 Å². The minimum atomic E-state index is 0.124. The minimum absolute atomic E-state index is 0.124. The van der Waals surface area contributed by atoms with Crippen LogP contribution in [0.1, 0.15) is 39.0 Å². The summed E-state index contributed by atoms with van der Waals surface area (Å²) in [5.74, 6) is 0.655. The van der Waals surface area contributed by atoms with E-state index in [1.54, 1.807) is 0 Å². The molecular formula is C11H22N2O2. The van der Waals surface area contributed by atoms with Crippen LogP contribution in [0.2, 0.25) is 0 Å². The van der Waals surface area contributed by atoms with Crippen LogP contribution in [-0.4, -0.2) is 30.7 Å². The molecule has 1 aliphatic heterocycles. The topological polar surface area (TPSA) is 55.6 Å². The zero-order valence-electron chi connectivity index (χ0n) is 9.58. The van der Waals surface area contributed by atoms with Crippen molar-refractivity contribution in [2.45, 2.75) is 39.0 Å². The van der Waals surface area contributed by atoms with Crippen LogP contribution in [0.5, 0.6) is 0 Å². The van der Waals surface area contributed by atoms with Crippen molar-refractivity contribution >= 4 is 5.91 Å². The number of rotatable bonds is 5. The van der Waals surface area contributed by atoms with Gasteiger partial charge in [0.1, 0.15) is 0 Å². The van der Waals surface area contributed by atoms with E-state index in [2.05, 4.69) is 6.92 Å². The fraction of sp³-hybridized carbons (Fsp3) is 0.909. The summed E-state index contributed by atoms with van der Waals surface area (Å²) in [6, 6.07) is 0. The Morgan fingerprint density at radius 2 is 2.27 bits per heavy atom. The number of carbonyl (C=O) groups is 1. The smallest absolute Gasteiger partial charge is 0.246 e. The molecule has 1 rings (SSSR count). The summed E-state index contributed by atoms with van der Waals surface area (Å²) >= 11 is 0. The summed E-state index contributed by atoms with van der Waals surface area (Å²) in [7, 11) is 0. The van der Waals surface area contributed by atoms with Crippen molar-refractivity contribution in [1.29, 1.82) is 0 Å². The predicted molar refractivity (Wildman–Crippen MR) is 59.0 cm³/mol. The fourth-order valence-electron chi connectivity index (χ4n) is 1.72. The first-order valence-corrected chi connectivity index (χ1v) is 5.87. The van der Waals surface area contributed by atoms with E-state index in [-0.39, 0.29) is 5.91 Å². The molecule has 15 heavy (non-hydrogen) atoms. The number of carbonyl (C=O) groups excluding carboxylic acids is 1. The Kier molecular flexibility index (Phi) is 5.65. The van der Waals surface area contributed by atoms with Crippen molar-refractivity contribution < 1.29 is 9.63 Å². The molecule has 0 aromatic heterocycles. The number of nitrogens with two attached hydrogens (primary N) is 1. The zero-order chi connectivity index (χ0) is 11.1. The lowest BCUT2D eigenvalue weighted by molar-refractivity contribution is -0.197. The van der Waals surface area contributed by atoms with Gasteiger partial charge in [-0.3, -0.25) is 9.63 Å². The molecule has 0 bridgehead atoms. The maximum absolute atomic E-state index is 11.7. The molecule has 0 spiro atoms. The van der Waals surface area contributed by atoms with Gasteiger partial charge in [-0.1, -0.05) is 6.92 Å². The highest BCUT2D eigenvalue weighted by Crippen LogP contribution is 2.13. The van der Waals surface area contributed by atoms with Gasteiger partial charge in [-0.25, -0.2) is 5.06 Å². The third-order valence-corrected chi connectivity index (χ3v) is 2.79. The van der Waals surface area contributed by atoms with Gasteiger partial charge in [-0.2, -0.15) is 0 Å². The van der Waals surface area contributed by atoms with Gasteiger partial charge < -0.3 is 5.73 Å². The highest BCUT2D eigenvalue weighted by Gasteiger charge is 2.17. The van der Waals surface area contributed by atoms with Gasteiger partial charge >= 0.3 is 0 Å². The Morgan fingerprint density at radius 3 is 2.87 bits per heavy atom. The number of amides is 1. The van der Waals surface area contributed by atoms with E-state index in [1.807, 2.05) is 0 Å². The molecule has 0 radical (unpaired) electrons. The van der Waals surface area contributed by atoms with Gasteiger partial charge in [-0.05, 0) is 38.1 Å². The highest BCUT2D eigenvalue weighted by molar-refractivity contribution is 5.75. The summed E-state index contributed by atoms with van der Waals surface area (Å²) in [5, 5.41) is 1.53. The van der Waals surface area contributed by atoms with E-state index in [4.69, 9.17) is 10.6 Å². The molecule has 1 heterocycles. The quantitative estimate of drug-likeness (QED) is 0.750. The Balaban J connectivity index is 2.16. The summed E-state index contributed by atoms with van der Waals surface area (Å²) < 4.78 is 0. The van der Waals surface area contributed by atoms with E-state index in [0.29, 0.717) is 25.5 Å². The summed E-state index contributed by atoms with van der Waals surface area (Å²) in [6.07, 6.45) is 4.61. The van der Waals surface area contributed by atoms with Crippen molar-refractivity contribution in [3.8, 4) is 0 Å². The molecule has 1 amide bonds. The monoisotopic (exact) mass is 214 g/mol. The molecule has 1 atom stereocenters. The van der Waals surface area contributed by atoms with E-state index >= 15 is 0 Å². The van der Waals surface area contributed by atoms with Crippen molar-refractivity contribution in [2.24, 2.45) is 11.7 Å². The number of hydrogen-bond donors (Lipinski definition) is 1. The van der Waals surface area contributed by atoms with E-state index in [0.717, 1.165) is 32.2 Å². The lowest BCUT2D eigenvalue weighted by Gasteiger charge is -2.26. The Labute approximate surface area is 91.7 Å². The van der Waals surface area contributed by atoms with Crippen LogP contribution in [0.25, 0.3) is 0 Å². The molecule has 1 saturated heterocycles. The summed E-state index contributed by atoms with van der Waals surface area (Å²) in [6.45, 7) is 4.28. The SMILES string of the molecule is CC(CCN)CCC(=O)N1CCCCO1. The first kappa shape index (κ1) is 12.5. The second-order valence-corrected chi connectivity index (χ2v) is 4.26. The molecule has 2 N–H and O–H groups in total. The third-order valence-electron chi connectivity index (χ3n) is 2.79. The lowest BCUT2D eigenvalue weighted by Crippen LogP contribution is -2.35. The lowest BCUT2D eigenvalue weighted by atomic mass is 10.0. The molecule has 0 saturated carbocycles. The van der Waals surface area contributed by atoms with E-state index in [1.165, 1.54) is 5.06 Å². The Morgan fingerprint density at radius 1 is 1.47 bits per heavy atom. The minimum Gasteiger partial charge on any atom is -0.330 e. The number of nitrogens with zero attached hydrogens (tertiary/aromatic N) is 1. The standard InChI is InChI=1S/C11H22N2O2/c1-10(6-7-12)4-5-11(14)13-8-2-3-9-15-13/h10H,2-9,12H2,1H3. The third kappa shape index (κ3) is 4.62. The van der Waals surface area contributed by atoms with Gasteiger partial charge in [-0.15, -0.1) is 0 Å². The second kappa shape index (κ2) is 6.80. The normalized spacial score (nSPS) is 18.9. The number of hydrogen-bond acceptors (Lipinski definition) is 3. The molecule has 88 valence electrons. The van der Waals surface area contributed by atoms with Gasteiger partial charge in [0.15, 0.2) is 0 Å². The maximum atomic E-state index is 11.7. The predicted octanol–water partition coefficient (Wildman–Crippen LogP) is 1.31. The summed E-state index contributed by atoms with van der Waals surface area (Å²) in [5.41, 5.74) is 5.46. The fourth-order valence-corrected chi connectivity index (χ4v) is 1.72. The van der Waals surface area contributed by atoms with Crippen molar-refractivity contribution in [1.82, 2.24) is 5.06 Å². The molecule has 4 nitrogen and oxygen atoms in total.